The molecule has 6 nitrogen and oxygen atoms in total. The molecular weight excluding hydrogens is 458 g/mol. The highest BCUT2D eigenvalue weighted by Gasteiger charge is 2.32. The first kappa shape index (κ1) is 23.8. The molecule has 0 saturated heterocycles. The van der Waals surface area contributed by atoms with Gasteiger partial charge >= 0.3 is 0 Å². The fraction of sp³-hybridized carbons (Fsp3) is 0.240. The topological polar surface area (TPSA) is 73.8 Å². The van der Waals surface area contributed by atoms with Crippen molar-refractivity contribution < 1.29 is 17.2 Å². The quantitative estimate of drug-likeness (QED) is 0.543. The summed E-state index contributed by atoms with van der Waals surface area (Å²) in [5.41, 5.74) is 2.40. The van der Waals surface area contributed by atoms with E-state index in [-0.39, 0.29) is 34.2 Å². The van der Waals surface area contributed by atoms with Crippen LogP contribution >= 0.6 is 0 Å². The van der Waals surface area contributed by atoms with E-state index in [0.717, 1.165) is 23.7 Å². The molecule has 0 radical (unpaired) electrons. The summed E-state index contributed by atoms with van der Waals surface area (Å²) in [5.74, 6) is -1.87. The largest absolute Gasteiger partial charge is 0.324 e. The van der Waals surface area contributed by atoms with Crippen molar-refractivity contribution in [2.75, 3.05) is 19.4 Å². The lowest BCUT2D eigenvalue weighted by Crippen LogP contribution is -2.41. The van der Waals surface area contributed by atoms with Gasteiger partial charge in [-0.3, -0.25) is 0 Å². The molecule has 1 aliphatic heterocycles. The first-order valence-electron chi connectivity index (χ1n) is 10.8. The summed E-state index contributed by atoms with van der Waals surface area (Å²) in [5, 5.41) is 2.94. The van der Waals surface area contributed by atoms with E-state index < -0.39 is 27.6 Å². The van der Waals surface area contributed by atoms with Gasteiger partial charge in [0.25, 0.3) is 10.0 Å². The zero-order valence-electron chi connectivity index (χ0n) is 19.1. The van der Waals surface area contributed by atoms with Gasteiger partial charge in [-0.05, 0) is 49.0 Å². The van der Waals surface area contributed by atoms with E-state index in [2.05, 4.69) is 15.0 Å². The number of fused-ring (bicyclic) bond motifs is 1. The molecule has 2 N–H and O–H groups in total. The fourth-order valence-electron chi connectivity index (χ4n) is 4.09. The van der Waals surface area contributed by atoms with Gasteiger partial charge in [-0.1, -0.05) is 49.4 Å². The second-order valence-corrected chi connectivity index (χ2v) is 10.2. The standard InChI is InChI=1S/C25H26F2N4O2S/c1-16(19-9-4-5-10-20(19)26)23-21(27)11-12-22-24(23)29-25(30-34(22,32)33)28-14-17-7-6-8-18(13-17)15-31(2)3/h4-13,16H,14-15H2,1-3H3,(H2,28,29,30). The number of anilines is 1. The minimum Gasteiger partial charge on any atom is -0.324 e. The van der Waals surface area contributed by atoms with E-state index in [4.69, 9.17) is 0 Å². The van der Waals surface area contributed by atoms with E-state index in [1.54, 1.807) is 25.1 Å². The number of nitrogens with zero attached hydrogens (tertiary/aromatic N) is 2. The second-order valence-electron chi connectivity index (χ2n) is 8.53. The van der Waals surface area contributed by atoms with E-state index in [9.17, 15) is 12.8 Å². The van der Waals surface area contributed by atoms with Crippen LogP contribution in [-0.4, -0.2) is 33.4 Å². The summed E-state index contributed by atoms with van der Waals surface area (Å²) < 4.78 is 57.7. The third-order valence-electron chi connectivity index (χ3n) is 5.63. The summed E-state index contributed by atoms with van der Waals surface area (Å²) in [6, 6.07) is 16.2. The van der Waals surface area contributed by atoms with Crippen LogP contribution in [0.5, 0.6) is 0 Å². The van der Waals surface area contributed by atoms with Crippen LogP contribution in [0.3, 0.4) is 0 Å². The Balaban J connectivity index is 1.70. The van der Waals surface area contributed by atoms with Crippen LogP contribution < -0.4 is 10.0 Å². The Morgan fingerprint density at radius 3 is 2.44 bits per heavy atom. The van der Waals surface area contributed by atoms with Gasteiger partial charge in [0.2, 0.25) is 5.96 Å². The molecule has 0 fully saturated rings. The SMILES string of the molecule is CC(c1ccccc1F)c1c(F)ccc2c1NC(=NCc1cccc(CN(C)C)c1)NS2(=O)=O. The van der Waals surface area contributed by atoms with Crippen molar-refractivity contribution >= 4 is 21.7 Å². The molecule has 9 heteroatoms. The van der Waals surface area contributed by atoms with Crippen molar-refractivity contribution in [1.29, 1.82) is 0 Å². The van der Waals surface area contributed by atoms with Crippen LogP contribution in [0.25, 0.3) is 0 Å². The number of hydrogen-bond acceptors (Lipinski definition) is 4. The maximum absolute atomic E-state index is 15.0. The second kappa shape index (κ2) is 9.52. The smallest absolute Gasteiger partial charge is 0.266 e. The lowest BCUT2D eigenvalue weighted by Gasteiger charge is -2.26. The number of benzene rings is 3. The molecule has 0 amide bonds. The summed E-state index contributed by atoms with van der Waals surface area (Å²) in [4.78, 5) is 6.33. The molecule has 0 aromatic heterocycles. The molecule has 3 aromatic rings. The molecule has 1 atom stereocenters. The van der Waals surface area contributed by atoms with E-state index in [1.807, 2.05) is 43.3 Å². The zero-order valence-corrected chi connectivity index (χ0v) is 20.0. The highest BCUT2D eigenvalue weighted by molar-refractivity contribution is 7.90. The number of rotatable bonds is 6. The van der Waals surface area contributed by atoms with Crippen LogP contribution in [-0.2, 0) is 23.1 Å². The van der Waals surface area contributed by atoms with Gasteiger partial charge in [-0.2, -0.15) is 0 Å². The molecule has 3 aromatic carbocycles. The normalized spacial score (nSPS) is 16.6. The maximum Gasteiger partial charge on any atom is 0.266 e. The van der Waals surface area contributed by atoms with Crippen LogP contribution in [0.4, 0.5) is 14.5 Å². The minimum atomic E-state index is -4.00. The van der Waals surface area contributed by atoms with Crippen molar-refractivity contribution in [3.8, 4) is 0 Å². The molecular formula is C25H26F2N4O2S. The first-order valence-corrected chi connectivity index (χ1v) is 12.3. The van der Waals surface area contributed by atoms with Crippen molar-refractivity contribution in [1.82, 2.24) is 9.62 Å². The van der Waals surface area contributed by atoms with E-state index >= 15 is 4.39 Å². The number of halogens is 2. The van der Waals surface area contributed by atoms with Gasteiger partial charge in [0.1, 0.15) is 16.5 Å². The third kappa shape index (κ3) is 4.95. The van der Waals surface area contributed by atoms with Crippen molar-refractivity contribution in [2.24, 2.45) is 4.99 Å². The van der Waals surface area contributed by atoms with Crippen LogP contribution in [0.2, 0.25) is 0 Å². The summed E-state index contributed by atoms with van der Waals surface area (Å²) in [7, 11) is -0.0426. The Kier molecular flexibility index (Phi) is 6.67. The van der Waals surface area contributed by atoms with Gasteiger partial charge in [-0.25, -0.2) is 26.9 Å². The number of nitrogens with one attached hydrogen (secondary N) is 2. The summed E-state index contributed by atoms with van der Waals surface area (Å²) in [6.07, 6.45) is 0. The van der Waals surface area contributed by atoms with Crippen LogP contribution in [0.15, 0.2) is 70.6 Å². The molecule has 0 aliphatic carbocycles. The van der Waals surface area contributed by atoms with Crippen LogP contribution in [0.1, 0.15) is 35.1 Å². The lowest BCUT2D eigenvalue weighted by atomic mass is 9.91. The Morgan fingerprint density at radius 2 is 1.71 bits per heavy atom. The third-order valence-corrected chi connectivity index (χ3v) is 7.01. The first-order chi connectivity index (χ1) is 16.2. The molecule has 1 aliphatic rings. The molecule has 178 valence electrons. The molecule has 4 rings (SSSR count). The molecule has 0 saturated carbocycles. The highest BCUT2D eigenvalue weighted by atomic mass is 32.2. The summed E-state index contributed by atoms with van der Waals surface area (Å²) >= 11 is 0. The number of sulfonamides is 1. The molecule has 34 heavy (non-hydrogen) atoms. The van der Waals surface area contributed by atoms with Gasteiger partial charge in [0.05, 0.1) is 12.2 Å². The highest BCUT2D eigenvalue weighted by Crippen LogP contribution is 2.38. The Morgan fingerprint density at radius 1 is 0.971 bits per heavy atom. The number of aliphatic imine (C=N–C) groups is 1. The maximum atomic E-state index is 15.0. The number of hydrogen-bond donors (Lipinski definition) is 2. The average molecular weight is 485 g/mol. The zero-order chi connectivity index (χ0) is 24.5. The lowest BCUT2D eigenvalue weighted by molar-refractivity contribution is 0.402. The molecule has 0 bridgehead atoms. The predicted molar refractivity (Wildman–Crippen MR) is 129 cm³/mol. The minimum absolute atomic E-state index is 0.0157. The predicted octanol–water partition coefficient (Wildman–Crippen LogP) is 4.44. The summed E-state index contributed by atoms with van der Waals surface area (Å²) in [6.45, 7) is 2.62. The molecule has 1 heterocycles. The van der Waals surface area contributed by atoms with Gasteiger partial charge < -0.3 is 10.2 Å². The molecule has 0 spiro atoms. The Bertz CT molecular complexity index is 1360. The van der Waals surface area contributed by atoms with E-state index in [0.29, 0.717) is 0 Å². The Hall–Kier alpha value is -3.30. The Labute approximate surface area is 198 Å². The molecule has 1 unspecified atom stereocenters. The van der Waals surface area contributed by atoms with Gasteiger partial charge in [0, 0.05) is 18.0 Å². The van der Waals surface area contributed by atoms with Crippen molar-refractivity contribution in [3.05, 3.63) is 94.6 Å². The van der Waals surface area contributed by atoms with E-state index in [1.165, 1.54) is 12.1 Å². The van der Waals surface area contributed by atoms with Crippen LogP contribution in [0, 0.1) is 11.6 Å². The number of guanidine groups is 1. The van der Waals surface area contributed by atoms with Crippen molar-refractivity contribution in [2.45, 2.75) is 30.8 Å². The monoisotopic (exact) mass is 484 g/mol. The fourth-order valence-corrected chi connectivity index (χ4v) is 5.25. The van der Waals surface area contributed by atoms with Gasteiger partial charge in [-0.15, -0.1) is 0 Å². The average Bonchev–Trinajstić information content (AvgIpc) is 2.77. The van der Waals surface area contributed by atoms with Crippen molar-refractivity contribution in [3.63, 3.8) is 0 Å². The van der Waals surface area contributed by atoms with Gasteiger partial charge in [0.15, 0.2) is 0 Å².